The minimum Gasteiger partial charge on any atom is -0.356 e. The van der Waals surface area contributed by atoms with Gasteiger partial charge in [-0.1, -0.05) is 0 Å². The van der Waals surface area contributed by atoms with E-state index >= 15 is 0 Å². The fourth-order valence-corrected chi connectivity index (χ4v) is 4.46. The van der Waals surface area contributed by atoms with Gasteiger partial charge in [0.05, 0.1) is 5.69 Å². The molecule has 3 fully saturated rings. The van der Waals surface area contributed by atoms with E-state index in [1.165, 1.54) is 18.5 Å². The maximum Gasteiger partial charge on any atom is 0.272 e. The molecule has 0 bridgehead atoms. The van der Waals surface area contributed by atoms with Crippen molar-refractivity contribution in [3.8, 4) is 0 Å². The van der Waals surface area contributed by atoms with Gasteiger partial charge in [0.25, 0.3) is 5.91 Å². The number of anilines is 1. The van der Waals surface area contributed by atoms with E-state index in [2.05, 4.69) is 26.0 Å². The minimum atomic E-state index is 0.104. The Bertz CT molecular complexity index is 843. The third kappa shape index (κ3) is 2.66. The molecule has 0 aromatic carbocycles. The number of rotatable bonds is 3. The summed E-state index contributed by atoms with van der Waals surface area (Å²) in [4.78, 5) is 26.1. The van der Waals surface area contributed by atoms with Crippen LogP contribution in [0.15, 0.2) is 18.5 Å². The average molecular weight is 352 g/mol. The lowest BCUT2D eigenvalue weighted by molar-refractivity contribution is 0.0771. The van der Waals surface area contributed by atoms with Crippen molar-refractivity contribution >= 4 is 11.7 Å². The van der Waals surface area contributed by atoms with Crippen LogP contribution < -0.4 is 4.90 Å². The second-order valence-electron chi connectivity index (χ2n) is 8.01. The predicted octanol–water partition coefficient (Wildman–Crippen LogP) is 1.60. The predicted molar refractivity (Wildman–Crippen MR) is 97.0 cm³/mol. The van der Waals surface area contributed by atoms with Gasteiger partial charge in [0.2, 0.25) is 0 Å². The first-order valence-corrected chi connectivity index (χ1v) is 9.45. The molecule has 7 nitrogen and oxygen atoms in total. The fraction of sp³-hybridized carbons (Fsp3) is 0.579. The van der Waals surface area contributed by atoms with E-state index in [4.69, 9.17) is 0 Å². The van der Waals surface area contributed by atoms with E-state index in [0.29, 0.717) is 23.4 Å². The number of carbonyl (C=O) groups excluding carboxylic acids is 1. The first kappa shape index (κ1) is 15.8. The summed E-state index contributed by atoms with van der Waals surface area (Å²) < 4.78 is 1.69. The molecule has 5 rings (SSSR count). The van der Waals surface area contributed by atoms with Crippen molar-refractivity contribution < 1.29 is 4.79 Å². The Morgan fingerprint density at radius 2 is 1.81 bits per heavy atom. The van der Waals surface area contributed by atoms with Gasteiger partial charge in [0.15, 0.2) is 0 Å². The number of aryl methyl sites for hydroxylation is 2. The van der Waals surface area contributed by atoms with Gasteiger partial charge < -0.3 is 9.80 Å². The monoisotopic (exact) mass is 352 g/mol. The summed E-state index contributed by atoms with van der Waals surface area (Å²) in [7, 11) is 1.84. The molecule has 3 aliphatic rings. The molecule has 2 atom stereocenters. The van der Waals surface area contributed by atoms with Crippen LogP contribution in [0.5, 0.6) is 0 Å². The zero-order valence-corrected chi connectivity index (χ0v) is 15.3. The van der Waals surface area contributed by atoms with Crippen molar-refractivity contribution in [1.82, 2.24) is 24.6 Å². The highest BCUT2D eigenvalue weighted by molar-refractivity contribution is 5.93. The lowest BCUT2D eigenvalue weighted by Gasteiger charge is -2.22. The smallest absolute Gasteiger partial charge is 0.272 e. The number of hydrogen-bond donors (Lipinski definition) is 0. The van der Waals surface area contributed by atoms with Crippen LogP contribution in [0.3, 0.4) is 0 Å². The highest BCUT2D eigenvalue weighted by Crippen LogP contribution is 2.40. The third-order valence-corrected chi connectivity index (χ3v) is 5.99. The third-order valence-electron chi connectivity index (χ3n) is 5.99. The molecule has 0 spiro atoms. The van der Waals surface area contributed by atoms with Crippen LogP contribution in [-0.2, 0) is 7.05 Å². The minimum absolute atomic E-state index is 0.104. The largest absolute Gasteiger partial charge is 0.356 e. The summed E-state index contributed by atoms with van der Waals surface area (Å²) in [6.45, 7) is 5.51. The summed E-state index contributed by atoms with van der Waals surface area (Å²) in [6.07, 6.45) is 4.22. The summed E-state index contributed by atoms with van der Waals surface area (Å²) >= 11 is 0. The molecule has 4 heterocycles. The number of likely N-dealkylation sites (tertiary alicyclic amines) is 1. The topological polar surface area (TPSA) is 67.2 Å². The fourth-order valence-electron chi connectivity index (χ4n) is 4.46. The Morgan fingerprint density at radius 1 is 1.08 bits per heavy atom. The molecule has 2 saturated heterocycles. The van der Waals surface area contributed by atoms with Gasteiger partial charge in [0, 0.05) is 62.7 Å². The van der Waals surface area contributed by atoms with E-state index in [1.807, 2.05) is 24.9 Å². The zero-order valence-electron chi connectivity index (χ0n) is 15.3. The van der Waals surface area contributed by atoms with Gasteiger partial charge in [-0.15, -0.1) is 0 Å². The van der Waals surface area contributed by atoms with E-state index in [9.17, 15) is 4.79 Å². The SMILES string of the molecule is Cc1cc(C(=O)N2CC3CN(c4cc(C5CC5)ncn4)CC3C2)n(C)n1. The van der Waals surface area contributed by atoms with Crippen LogP contribution in [-0.4, -0.2) is 56.7 Å². The molecule has 1 amide bonds. The molecule has 136 valence electrons. The molecule has 2 aromatic rings. The van der Waals surface area contributed by atoms with E-state index in [1.54, 1.807) is 11.0 Å². The molecular weight excluding hydrogens is 328 g/mol. The Labute approximate surface area is 153 Å². The van der Waals surface area contributed by atoms with Gasteiger partial charge in [-0.2, -0.15) is 5.10 Å². The molecular formula is C19H24N6O. The molecule has 26 heavy (non-hydrogen) atoms. The second kappa shape index (κ2) is 5.79. The highest BCUT2D eigenvalue weighted by atomic mass is 16.2. The average Bonchev–Trinajstić information content (AvgIpc) is 3.16. The van der Waals surface area contributed by atoms with Crippen molar-refractivity contribution in [2.75, 3.05) is 31.1 Å². The van der Waals surface area contributed by atoms with E-state index < -0.39 is 0 Å². The molecule has 0 N–H and O–H groups in total. The first-order valence-electron chi connectivity index (χ1n) is 9.45. The van der Waals surface area contributed by atoms with Gasteiger partial charge in [-0.25, -0.2) is 9.97 Å². The number of carbonyl (C=O) groups is 1. The maximum atomic E-state index is 12.8. The summed E-state index contributed by atoms with van der Waals surface area (Å²) in [5, 5.41) is 4.30. The van der Waals surface area contributed by atoms with Crippen LogP contribution >= 0.6 is 0 Å². The van der Waals surface area contributed by atoms with Crippen molar-refractivity contribution in [2.45, 2.75) is 25.7 Å². The number of aromatic nitrogens is 4. The second-order valence-corrected chi connectivity index (χ2v) is 8.01. The Morgan fingerprint density at radius 3 is 2.42 bits per heavy atom. The van der Waals surface area contributed by atoms with Crippen molar-refractivity contribution in [2.24, 2.45) is 18.9 Å². The van der Waals surface area contributed by atoms with Crippen molar-refractivity contribution in [3.63, 3.8) is 0 Å². The summed E-state index contributed by atoms with van der Waals surface area (Å²) in [5.74, 6) is 2.85. The highest BCUT2D eigenvalue weighted by Gasteiger charge is 2.42. The molecule has 2 unspecified atom stereocenters. The molecule has 2 aromatic heterocycles. The maximum absolute atomic E-state index is 12.8. The normalized spacial score (nSPS) is 25.0. The zero-order chi connectivity index (χ0) is 17.8. The molecule has 0 radical (unpaired) electrons. The number of nitrogens with zero attached hydrogens (tertiary/aromatic N) is 6. The molecule has 2 aliphatic heterocycles. The van der Waals surface area contributed by atoms with Crippen LogP contribution in [0.2, 0.25) is 0 Å². The Hall–Kier alpha value is -2.44. The lowest BCUT2D eigenvalue weighted by Crippen LogP contribution is -2.34. The van der Waals surface area contributed by atoms with E-state index in [0.717, 1.165) is 37.7 Å². The van der Waals surface area contributed by atoms with Crippen molar-refractivity contribution in [3.05, 3.63) is 35.5 Å². The standard InChI is InChI=1S/C19H24N6O/c1-12-5-17(23(2)22-12)19(26)25-9-14-7-24(8-15(14)10-25)18-6-16(13-3-4-13)20-11-21-18/h5-6,11,13-15H,3-4,7-10H2,1-2H3. The molecule has 1 saturated carbocycles. The van der Waals surface area contributed by atoms with Crippen LogP contribution in [0, 0.1) is 18.8 Å². The van der Waals surface area contributed by atoms with Gasteiger partial charge in [-0.05, 0) is 25.8 Å². The lowest BCUT2D eigenvalue weighted by atomic mass is 10.0. The van der Waals surface area contributed by atoms with Crippen LogP contribution in [0.25, 0.3) is 0 Å². The number of fused-ring (bicyclic) bond motifs is 1. The van der Waals surface area contributed by atoms with Crippen molar-refractivity contribution in [1.29, 1.82) is 0 Å². The molecule has 7 heteroatoms. The van der Waals surface area contributed by atoms with Crippen LogP contribution in [0.4, 0.5) is 5.82 Å². The van der Waals surface area contributed by atoms with Gasteiger partial charge >= 0.3 is 0 Å². The van der Waals surface area contributed by atoms with E-state index in [-0.39, 0.29) is 5.91 Å². The summed E-state index contributed by atoms with van der Waals surface area (Å²) in [6, 6.07) is 4.04. The Kier molecular flexibility index (Phi) is 3.52. The van der Waals surface area contributed by atoms with Crippen LogP contribution in [0.1, 0.15) is 40.6 Å². The number of hydrogen-bond acceptors (Lipinski definition) is 5. The quantitative estimate of drug-likeness (QED) is 0.839. The number of amides is 1. The van der Waals surface area contributed by atoms with Gasteiger partial charge in [0.1, 0.15) is 17.8 Å². The molecule has 1 aliphatic carbocycles. The summed E-state index contributed by atoms with van der Waals surface area (Å²) in [5.41, 5.74) is 2.76. The Balaban J connectivity index is 1.27. The first-order chi connectivity index (χ1) is 12.6. The van der Waals surface area contributed by atoms with Gasteiger partial charge in [-0.3, -0.25) is 9.48 Å².